The van der Waals surface area contributed by atoms with E-state index in [-0.39, 0.29) is 17.9 Å². The topological polar surface area (TPSA) is 139 Å². The van der Waals surface area contributed by atoms with Crippen LogP contribution >= 0.6 is 0 Å². The number of methoxy groups -OCH3 is 1. The SMILES string of the molecule is COc1ccc(-c2ccc(S(=O)(=O)N3CCC[C@H]3C(=O)NN(CC(N)=O)C(=O)CF)cc2)cc1. The van der Waals surface area contributed by atoms with Crippen LogP contribution in [0.4, 0.5) is 4.39 Å². The number of hydrogen-bond donors (Lipinski definition) is 2. The predicted octanol–water partition coefficient (Wildman–Crippen LogP) is 0.830. The molecule has 10 nitrogen and oxygen atoms in total. The van der Waals surface area contributed by atoms with Crippen LogP contribution in [0, 0.1) is 0 Å². The molecule has 1 aliphatic heterocycles. The number of hydrogen-bond acceptors (Lipinski definition) is 6. The van der Waals surface area contributed by atoms with Gasteiger partial charge in [-0.25, -0.2) is 17.8 Å². The number of ether oxygens (including phenoxy) is 1. The molecule has 12 heteroatoms. The standard InChI is InChI=1S/C22H25FN4O6S/c1-33-17-8-4-15(5-9-17)16-6-10-18(11-7-16)34(31,32)27-12-2-3-19(27)22(30)25-26(14-20(24)28)21(29)13-23/h4-11,19H,2-3,12-14H2,1H3,(H2,24,28)(H,25,30)/t19-/m0/s1. The number of nitrogens with one attached hydrogen (secondary N) is 1. The molecular formula is C22H25FN4O6S. The zero-order valence-corrected chi connectivity index (χ0v) is 19.3. The summed E-state index contributed by atoms with van der Waals surface area (Å²) in [5, 5.41) is 0.456. The van der Waals surface area contributed by atoms with Crippen LogP contribution in [0.25, 0.3) is 11.1 Å². The van der Waals surface area contributed by atoms with Crippen LogP contribution in [0.2, 0.25) is 0 Å². The van der Waals surface area contributed by atoms with Crippen molar-refractivity contribution >= 4 is 27.7 Å². The number of carbonyl (C=O) groups is 3. The van der Waals surface area contributed by atoms with E-state index in [1.54, 1.807) is 31.4 Å². The molecule has 0 radical (unpaired) electrons. The van der Waals surface area contributed by atoms with E-state index in [9.17, 15) is 27.2 Å². The predicted molar refractivity (Wildman–Crippen MR) is 120 cm³/mol. The molecule has 0 aromatic heterocycles. The van der Waals surface area contributed by atoms with Crippen molar-refractivity contribution in [3.63, 3.8) is 0 Å². The Hall–Kier alpha value is -3.51. The minimum atomic E-state index is -4.04. The van der Waals surface area contributed by atoms with Crippen LogP contribution in [-0.2, 0) is 24.4 Å². The summed E-state index contributed by atoms with van der Waals surface area (Å²) in [5.74, 6) is -2.29. The van der Waals surface area contributed by atoms with Gasteiger partial charge in [-0.05, 0) is 48.2 Å². The highest BCUT2D eigenvalue weighted by molar-refractivity contribution is 7.89. The summed E-state index contributed by atoms with van der Waals surface area (Å²) in [5.41, 5.74) is 8.83. The Labute approximate surface area is 196 Å². The summed E-state index contributed by atoms with van der Waals surface area (Å²) in [6.07, 6.45) is 0.608. The first-order valence-corrected chi connectivity index (χ1v) is 11.8. The van der Waals surface area contributed by atoms with E-state index in [1.807, 2.05) is 12.1 Å². The third kappa shape index (κ3) is 5.51. The van der Waals surface area contributed by atoms with Crippen molar-refractivity contribution in [2.45, 2.75) is 23.8 Å². The number of halogens is 1. The van der Waals surface area contributed by atoms with Gasteiger partial charge < -0.3 is 10.5 Å². The van der Waals surface area contributed by atoms with Crippen molar-refractivity contribution < 1.29 is 31.9 Å². The molecule has 3 rings (SSSR count). The molecule has 0 spiro atoms. The molecule has 2 aromatic carbocycles. The number of amides is 3. The highest BCUT2D eigenvalue weighted by Crippen LogP contribution is 2.29. The van der Waals surface area contributed by atoms with Crippen molar-refractivity contribution in [2.75, 3.05) is 26.9 Å². The molecule has 0 bridgehead atoms. The van der Waals surface area contributed by atoms with Crippen molar-refractivity contribution in [3.05, 3.63) is 48.5 Å². The van der Waals surface area contributed by atoms with E-state index >= 15 is 0 Å². The second kappa shape index (κ2) is 10.6. The lowest BCUT2D eigenvalue weighted by Crippen LogP contribution is -2.55. The van der Waals surface area contributed by atoms with Gasteiger partial charge in [-0.3, -0.25) is 19.8 Å². The van der Waals surface area contributed by atoms with Gasteiger partial charge in [0.2, 0.25) is 15.9 Å². The zero-order chi connectivity index (χ0) is 24.9. The van der Waals surface area contributed by atoms with Crippen molar-refractivity contribution in [2.24, 2.45) is 5.73 Å². The summed E-state index contributed by atoms with van der Waals surface area (Å²) in [4.78, 5) is 35.6. The van der Waals surface area contributed by atoms with E-state index in [4.69, 9.17) is 10.5 Å². The minimum absolute atomic E-state index is 0.00158. The molecular weight excluding hydrogens is 467 g/mol. The molecule has 0 unspecified atom stereocenters. The summed E-state index contributed by atoms with van der Waals surface area (Å²) >= 11 is 0. The van der Waals surface area contributed by atoms with Gasteiger partial charge in [0.1, 0.15) is 18.3 Å². The molecule has 3 amide bonds. The largest absolute Gasteiger partial charge is 0.497 e. The van der Waals surface area contributed by atoms with E-state index in [0.717, 1.165) is 15.4 Å². The Morgan fingerprint density at radius 2 is 1.71 bits per heavy atom. The maximum atomic E-state index is 13.2. The van der Waals surface area contributed by atoms with Gasteiger partial charge in [-0.2, -0.15) is 4.31 Å². The minimum Gasteiger partial charge on any atom is -0.497 e. The van der Waals surface area contributed by atoms with Crippen LogP contribution in [0.3, 0.4) is 0 Å². The molecule has 2 aromatic rings. The van der Waals surface area contributed by atoms with E-state index in [1.165, 1.54) is 12.1 Å². The average Bonchev–Trinajstić information content (AvgIpc) is 3.34. The Morgan fingerprint density at radius 3 is 2.24 bits per heavy atom. The van der Waals surface area contributed by atoms with Gasteiger partial charge in [0, 0.05) is 6.54 Å². The first-order chi connectivity index (χ1) is 16.2. The summed E-state index contributed by atoms with van der Waals surface area (Å²) in [6.45, 7) is -2.10. The number of alkyl halides is 1. The Kier molecular flexibility index (Phi) is 7.84. The number of nitrogens with two attached hydrogens (primary N) is 1. The number of rotatable bonds is 8. The molecule has 182 valence electrons. The van der Waals surface area contributed by atoms with Gasteiger partial charge >= 0.3 is 0 Å². The fourth-order valence-corrected chi connectivity index (χ4v) is 5.31. The monoisotopic (exact) mass is 492 g/mol. The number of nitrogens with zero attached hydrogens (tertiary/aromatic N) is 2. The molecule has 1 saturated heterocycles. The van der Waals surface area contributed by atoms with Gasteiger partial charge in [0.25, 0.3) is 11.8 Å². The van der Waals surface area contributed by atoms with E-state index in [2.05, 4.69) is 5.43 Å². The average molecular weight is 493 g/mol. The fraction of sp³-hybridized carbons (Fsp3) is 0.318. The number of carbonyl (C=O) groups excluding carboxylic acids is 3. The third-order valence-corrected chi connectivity index (χ3v) is 7.29. The summed E-state index contributed by atoms with van der Waals surface area (Å²) < 4.78 is 45.5. The number of sulfonamides is 1. The molecule has 1 fully saturated rings. The smallest absolute Gasteiger partial charge is 0.272 e. The second-order valence-corrected chi connectivity index (χ2v) is 9.47. The Morgan fingerprint density at radius 1 is 1.12 bits per heavy atom. The molecule has 1 atom stereocenters. The second-order valence-electron chi connectivity index (χ2n) is 7.58. The number of primary amides is 1. The van der Waals surface area contributed by atoms with Gasteiger partial charge in [-0.1, -0.05) is 24.3 Å². The third-order valence-electron chi connectivity index (χ3n) is 5.37. The van der Waals surface area contributed by atoms with Crippen LogP contribution < -0.4 is 15.9 Å². The molecule has 0 aliphatic carbocycles. The quantitative estimate of drug-likeness (QED) is 0.524. The lowest BCUT2D eigenvalue weighted by molar-refractivity contribution is -0.145. The maximum absolute atomic E-state index is 13.2. The Bertz CT molecular complexity index is 1150. The number of hydrazine groups is 1. The normalized spacial score (nSPS) is 16.1. The van der Waals surface area contributed by atoms with Crippen molar-refractivity contribution in [1.29, 1.82) is 0 Å². The fourth-order valence-electron chi connectivity index (χ4n) is 3.65. The lowest BCUT2D eigenvalue weighted by Gasteiger charge is -2.27. The van der Waals surface area contributed by atoms with Crippen molar-refractivity contribution in [1.82, 2.24) is 14.7 Å². The maximum Gasteiger partial charge on any atom is 0.272 e. The van der Waals surface area contributed by atoms with Crippen LogP contribution in [-0.4, -0.2) is 68.4 Å². The van der Waals surface area contributed by atoms with E-state index in [0.29, 0.717) is 17.2 Å². The van der Waals surface area contributed by atoms with Crippen LogP contribution in [0.5, 0.6) is 5.75 Å². The van der Waals surface area contributed by atoms with Crippen LogP contribution in [0.1, 0.15) is 12.8 Å². The molecule has 1 aliphatic rings. The zero-order valence-electron chi connectivity index (χ0n) is 18.4. The Balaban J connectivity index is 1.78. The van der Waals surface area contributed by atoms with Crippen molar-refractivity contribution in [3.8, 4) is 16.9 Å². The van der Waals surface area contributed by atoms with Crippen LogP contribution in [0.15, 0.2) is 53.4 Å². The molecule has 3 N–H and O–H groups in total. The van der Waals surface area contributed by atoms with Gasteiger partial charge in [0.05, 0.1) is 12.0 Å². The molecule has 1 heterocycles. The molecule has 34 heavy (non-hydrogen) atoms. The first kappa shape index (κ1) is 25.1. The van der Waals surface area contributed by atoms with Gasteiger partial charge in [-0.15, -0.1) is 0 Å². The van der Waals surface area contributed by atoms with Gasteiger partial charge in [0.15, 0.2) is 6.67 Å². The highest BCUT2D eigenvalue weighted by atomic mass is 32.2. The first-order valence-electron chi connectivity index (χ1n) is 10.4. The highest BCUT2D eigenvalue weighted by Gasteiger charge is 2.40. The number of benzene rings is 2. The summed E-state index contributed by atoms with van der Waals surface area (Å²) in [6, 6.07) is 12.4. The summed E-state index contributed by atoms with van der Waals surface area (Å²) in [7, 11) is -2.48. The van der Waals surface area contributed by atoms with E-state index < -0.39 is 47.0 Å². The molecule has 0 saturated carbocycles. The lowest BCUT2D eigenvalue weighted by atomic mass is 10.1.